The highest BCUT2D eigenvalue weighted by Crippen LogP contribution is 2.50. The quantitative estimate of drug-likeness (QED) is 0.398. The number of hydrogen-bond donors (Lipinski definition) is 1. The molecule has 3 aromatic rings. The Kier molecular flexibility index (Phi) is 7.79. The Bertz CT molecular complexity index is 1510. The number of methoxy groups -OCH3 is 5. The number of carbonyl (C=O) groups excluding carboxylic acids is 2. The molecule has 9 nitrogen and oxygen atoms in total. The van der Waals surface area contributed by atoms with Crippen molar-refractivity contribution in [3.8, 4) is 28.7 Å². The van der Waals surface area contributed by atoms with Crippen molar-refractivity contribution >= 4 is 23.1 Å². The lowest BCUT2D eigenvalue weighted by molar-refractivity contribution is -0.117. The van der Waals surface area contributed by atoms with E-state index >= 15 is 0 Å². The molecule has 1 N–H and O–H groups in total. The van der Waals surface area contributed by atoms with Gasteiger partial charge in [0.25, 0.3) is 0 Å². The third kappa shape index (κ3) is 4.92. The van der Waals surface area contributed by atoms with Gasteiger partial charge in [0, 0.05) is 24.6 Å². The van der Waals surface area contributed by atoms with Crippen molar-refractivity contribution in [3.05, 3.63) is 77.0 Å². The van der Waals surface area contributed by atoms with Crippen molar-refractivity contribution in [1.29, 1.82) is 0 Å². The van der Waals surface area contributed by atoms with Gasteiger partial charge in [0.1, 0.15) is 0 Å². The van der Waals surface area contributed by atoms with Gasteiger partial charge < -0.3 is 29.0 Å². The maximum Gasteiger partial charge on any atom is 0.224 e. The third-order valence-corrected chi connectivity index (χ3v) is 7.71. The van der Waals surface area contributed by atoms with Crippen LogP contribution in [0.2, 0.25) is 0 Å². The fourth-order valence-corrected chi connectivity index (χ4v) is 5.86. The van der Waals surface area contributed by atoms with Crippen LogP contribution in [0.1, 0.15) is 42.9 Å². The first-order chi connectivity index (χ1) is 19.8. The number of para-hydroxylation sites is 2. The first-order valence-corrected chi connectivity index (χ1v) is 13.3. The summed E-state index contributed by atoms with van der Waals surface area (Å²) in [6.07, 6.45) is 0.816. The van der Waals surface area contributed by atoms with Crippen LogP contribution in [0.4, 0.5) is 11.4 Å². The smallest absolute Gasteiger partial charge is 0.224 e. The second-order valence-electron chi connectivity index (χ2n) is 9.93. The van der Waals surface area contributed by atoms with E-state index in [1.807, 2.05) is 42.5 Å². The molecule has 1 aliphatic heterocycles. The summed E-state index contributed by atoms with van der Waals surface area (Å²) in [7, 11) is 7.80. The Labute approximate surface area is 239 Å². The Morgan fingerprint density at radius 2 is 1.41 bits per heavy atom. The Morgan fingerprint density at radius 3 is 2.02 bits per heavy atom. The molecule has 41 heavy (non-hydrogen) atoms. The molecule has 1 amide bonds. The summed E-state index contributed by atoms with van der Waals surface area (Å²) in [4.78, 5) is 29.2. The number of amides is 1. The number of nitrogens with zero attached hydrogens (tertiary/aromatic N) is 1. The van der Waals surface area contributed by atoms with E-state index in [0.29, 0.717) is 52.0 Å². The summed E-state index contributed by atoms with van der Waals surface area (Å²) in [5, 5.41) is 3.53. The SMILES string of the molecule is COc1ccc([C@@H]2CC(=O)C3=C(C2)Nc2ccccc2N(C(C)=O)[C@H]3c2cc(OC)c(OC)c(OC)c2)cc1OC. The van der Waals surface area contributed by atoms with Crippen molar-refractivity contribution in [3.63, 3.8) is 0 Å². The van der Waals surface area contributed by atoms with Gasteiger partial charge >= 0.3 is 0 Å². The minimum Gasteiger partial charge on any atom is -0.493 e. The van der Waals surface area contributed by atoms with E-state index in [2.05, 4.69) is 5.32 Å². The van der Waals surface area contributed by atoms with E-state index in [1.165, 1.54) is 28.3 Å². The molecule has 0 saturated heterocycles. The van der Waals surface area contributed by atoms with Gasteiger partial charge in [-0.15, -0.1) is 0 Å². The van der Waals surface area contributed by atoms with E-state index in [9.17, 15) is 9.59 Å². The molecule has 9 heteroatoms. The van der Waals surface area contributed by atoms with Crippen LogP contribution in [0.15, 0.2) is 65.9 Å². The molecule has 214 valence electrons. The maximum atomic E-state index is 14.2. The molecule has 0 saturated carbocycles. The lowest BCUT2D eigenvalue weighted by atomic mass is 9.78. The number of nitrogens with one attached hydrogen (secondary N) is 1. The topological polar surface area (TPSA) is 95.6 Å². The lowest BCUT2D eigenvalue weighted by Gasteiger charge is -2.35. The van der Waals surface area contributed by atoms with Crippen molar-refractivity contribution in [2.75, 3.05) is 45.8 Å². The van der Waals surface area contributed by atoms with Gasteiger partial charge in [-0.3, -0.25) is 14.5 Å². The molecule has 1 aliphatic carbocycles. The van der Waals surface area contributed by atoms with Gasteiger partial charge in [-0.1, -0.05) is 18.2 Å². The van der Waals surface area contributed by atoms with Crippen LogP contribution in [0.3, 0.4) is 0 Å². The standard InChI is InChI=1S/C32H34N2O7/c1-18(35)34-24-10-8-7-9-22(24)33-23-13-20(19-11-12-26(37-2)27(15-19)38-3)14-25(36)30(23)31(34)21-16-28(39-4)32(41-6)29(17-21)40-5/h7-12,15-17,20,31,33H,13-14H2,1-6H3/t20-,31-/m0/s1. The second-order valence-corrected chi connectivity index (χ2v) is 9.93. The van der Waals surface area contributed by atoms with Gasteiger partial charge in [0.15, 0.2) is 28.8 Å². The minimum atomic E-state index is -0.730. The van der Waals surface area contributed by atoms with Crippen molar-refractivity contribution < 1.29 is 33.3 Å². The molecule has 2 atom stereocenters. The average Bonchev–Trinajstić information content (AvgIpc) is 3.14. The first kappa shape index (κ1) is 27.9. The molecule has 3 aromatic carbocycles. The fraction of sp³-hybridized carbons (Fsp3) is 0.312. The summed E-state index contributed by atoms with van der Waals surface area (Å²) in [6.45, 7) is 1.51. The molecule has 0 aromatic heterocycles. The van der Waals surface area contributed by atoms with Crippen LogP contribution in [0.25, 0.3) is 0 Å². The van der Waals surface area contributed by atoms with Crippen molar-refractivity contribution in [2.24, 2.45) is 0 Å². The highest BCUT2D eigenvalue weighted by atomic mass is 16.5. The van der Waals surface area contributed by atoms with Crippen molar-refractivity contribution in [2.45, 2.75) is 31.7 Å². The van der Waals surface area contributed by atoms with Crippen LogP contribution in [0, 0.1) is 0 Å². The molecule has 0 unspecified atom stereocenters. The molecule has 2 aliphatic rings. The van der Waals surface area contributed by atoms with Gasteiger partial charge in [0.2, 0.25) is 11.7 Å². The number of allylic oxidation sites excluding steroid dienone is 1. The Morgan fingerprint density at radius 1 is 0.780 bits per heavy atom. The van der Waals surface area contributed by atoms with Crippen LogP contribution in [-0.2, 0) is 9.59 Å². The fourth-order valence-electron chi connectivity index (χ4n) is 5.86. The maximum absolute atomic E-state index is 14.2. The number of hydrogen-bond acceptors (Lipinski definition) is 8. The summed E-state index contributed by atoms with van der Waals surface area (Å²) in [6, 6.07) is 16.2. The number of ketones is 1. The second kappa shape index (κ2) is 11.4. The number of benzene rings is 3. The van der Waals surface area contributed by atoms with E-state index in [0.717, 1.165) is 16.9 Å². The van der Waals surface area contributed by atoms with Crippen LogP contribution < -0.4 is 33.9 Å². The van der Waals surface area contributed by atoms with Gasteiger partial charge in [-0.05, 0) is 59.9 Å². The molecule has 0 radical (unpaired) electrons. The molecular weight excluding hydrogens is 524 g/mol. The van der Waals surface area contributed by atoms with E-state index in [-0.39, 0.29) is 24.0 Å². The molecule has 5 rings (SSSR count). The van der Waals surface area contributed by atoms with Gasteiger partial charge in [0.05, 0.1) is 53.0 Å². The first-order valence-electron chi connectivity index (χ1n) is 13.3. The Balaban J connectivity index is 1.71. The predicted octanol–water partition coefficient (Wildman–Crippen LogP) is 5.65. The summed E-state index contributed by atoms with van der Waals surface area (Å²) in [5.74, 6) is 2.16. The number of ether oxygens (including phenoxy) is 5. The normalized spacial score (nSPS) is 18.0. The monoisotopic (exact) mass is 558 g/mol. The summed E-state index contributed by atoms with van der Waals surface area (Å²) < 4.78 is 27.8. The van der Waals surface area contributed by atoms with Gasteiger partial charge in [-0.25, -0.2) is 0 Å². The van der Waals surface area contributed by atoms with Crippen molar-refractivity contribution in [1.82, 2.24) is 0 Å². The number of fused-ring (bicyclic) bond motifs is 1. The largest absolute Gasteiger partial charge is 0.493 e. The number of anilines is 2. The average molecular weight is 559 g/mol. The minimum absolute atomic E-state index is 0.0589. The molecule has 1 heterocycles. The zero-order valence-electron chi connectivity index (χ0n) is 24.1. The molecule has 0 bridgehead atoms. The Hall–Kier alpha value is -4.66. The molecule has 0 fully saturated rings. The van der Waals surface area contributed by atoms with Gasteiger partial charge in [-0.2, -0.15) is 0 Å². The summed E-state index contributed by atoms with van der Waals surface area (Å²) >= 11 is 0. The zero-order valence-corrected chi connectivity index (χ0v) is 24.1. The number of carbonyl (C=O) groups is 2. The van der Waals surface area contributed by atoms with Crippen LogP contribution >= 0.6 is 0 Å². The molecule has 0 spiro atoms. The number of rotatable bonds is 7. The van der Waals surface area contributed by atoms with E-state index < -0.39 is 6.04 Å². The lowest BCUT2D eigenvalue weighted by Crippen LogP contribution is -2.37. The van der Waals surface area contributed by atoms with E-state index in [1.54, 1.807) is 31.3 Å². The van der Waals surface area contributed by atoms with Crippen LogP contribution in [-0.4, -0.2) is 47.2 Å². The predicted molar refractivity (Wildman–Crippen MR) is 156 cm³/mol. The third-order valence-electron chi connectivity index (χ3n) is 7.71. The zero-order chi connectivity index (χ0) is 29.3. The van der Waals surface area contributed by atoms with E-state index in [4.69, 9.17) is 23.7 Å². The summed E-state index contributed by atoms with van der Waals surface area (Å²) in [5.41, 5.74) is 4.33. The van der Waals surface area contributed by atoms with Crippen LogP contribution in [0.5, 0.6) is 28.7 Å². The molecular formula is C32H34N2O7. The highest BCUT2D eigenvalue weighted by molar-refractivity contribution is 6.06. The number of Topliss-reactive ketones (excluding diaryl/α,β-unsaturated/α-hetero) is 1. The highest BCUT2D eigenvalue weighted by Gasteiger charge is 2.41.